The summed E-state index contributed by atoms with van der Waals surface area (Å²) in [5.74, 6) is -0.286. The highest BCUT2D eigenvalue weighted by Gasteiger charge is 2.31. The van der Waals surface area contributed by atoms with Crippen molar-refractivity contribution in [2.24, 2.45) is 5.92 Å². The number of hydrogen-bond donors (Lipinski definition) is 1. The van der Waals surface area contributed by atoms with Crippen LogP contribution < -0.4 is 5.32 Å². The van der Waals surface area contributed by atoms with Crippen molar-refractivity contribution in [1.82, 2.24) is 4.31 Å². The number of carbonyl (C=O) groups is 1. The molecule has 0 unspecified atom stereocenters. The lowest BCUT2D eigenvalue weighted by molar-refractivity contribution is -0.120. The number of nitrogens with one attached hydrogen (secondary N) is 1. The number of amides is 1. The van der Waals surface area contributed by atoms with Gasteiger partial charge in [0, 0.05) is 29.7 Å². The number of sulfonamides is 1. The smallest absolute Gasteiger partial charge is 0.227 e. The van der Waals surface area contributed by atoms with Gasteiger partial charge in [-0.2, -0.15) is 0 Å². The van der Waals surface area contributed by atoms with E-state index in [0.29, 0.717) is 36.5 Å². The highest BCUT2D eigenvalue weighted by molar-refractivity contribution is 7.88. The fourth-order valence-electron chi connectivity index (χ4n) is 3.75. The first-order chi connectivity index (χ1) is 13.8. The molecule has 0 aliphatic carbocycles. The molecule has 0 spiro atoms. The Labute approximate surface area is 178 Å². The van der Waals surface area contributed by atoms with Gasteiger partial charge in [0.05, 0.1) is 5.75 Å². The molecule has 1 N–H and O–H groups in total. The SMILES string of the molecule is CCc1cccc(C)c1NC(=O)C1CCN(S(=O)(=O)Cc2cccc(Cl)c2)CC1. The second kappa shape index (κ2) is 9.28. The van der Waals surface area contributed by atoms with Gasteiger partial charge in [0.1, 0.15) is 0 Å². The first-order valence-corrected chi connectivity index (χ1v) is 11.9. The molecule has 1 fully saturated rings. The molecule has 0 aromatic heterocycles. The number of carbonyl (C=O) groups excluding carboxylic acids is 1. The Bertz CT molecular complexity index is 983. The summed E-state index contributed by atoms with van der Waals surface area (Å²) in [7, 11) is -3.44. The number of anilines is 1. The molecule has 7 heteroatoms. The lowest BCUT2D eigenvalue weighted by atomic mass is 9.96. The Morgan fingerprint density at radius 1 is 1.17 bits per heavy atom. The second-order valence-electron chi connectivity index (χ2n) is 7.51. The van der Waals surface area contributed by atoms with E-state index in [2.05, 4.69) is 12.2 Å². The maximum atomic E-state index is 12.8. The molecule has 0 radical (unpaired) electrons. The summed E-state index contributed by atoms with van der Waals surface area (Å²) in [6.45, 7) is 4.76. The molecule has 2 aromatic rings. The van der Waals surface area contributed by atoms with Crippen LogP contribution >= 0.6 is 11.6 Å². The highest BCUT2D eigenvalue weighted by atomic mass is 35.5. The van der Waals surface area contributed by atoms with Crippen molar-refractivity contribution in [2.45, 2.75) is 38.9 Å². The molecule has 2 aromatic carbocycles. The number of hydrogen-bond acceptors (Lipinski definition) is 3. The van der Waals surface area contributed by atoms with Gasteiger partial charge in [0.25, 0.3) is 0 Å². The van der Waals surface area contributed by atoms with E-state index >= 15 is 0 Å². The second-order valence-corrected chi connectivity index (χ2v) is 9.92. The van der Waals surface area contributed by atoms with Crippen molar-refractivity contribution in [2.75, 3.05) is 18.4 Å². The quantitative estimate of drug-likeness (QED) is 0.733. The summed E-state index contributed by atoms with van der Waals surface area (Å²) in [5.41, 5.74) is 3.71. The number of para-hydroxylation sites is 1. The molecule has 5 nitrogen and oxygen atoms in total. The first-order valence-electron chi connectivity index (χ1n) is 9.91. The largest absolute Gasteiger partial charge is 0.325 e. The van der Waals surface area contributed by atoms with Crippen LogP contribution in [0.3, 0.4) is 0 Å². The van der Waals surface area contributed by atoms with Gasteiger partial charge in [0.2, 0.25) is 15.9 Å². The zero-order valence-electron chi connectivity index (χ0n) is 16.8. The topological polar surface area (TPSA) is 66.5 Å². The molecular weight excluding hydrogens is 408 g/mol. The Morgan fingerprint density at radius 2 is 1.86 bits per heavy atom. The summed E-state index contributed by atoms with van der Waals surface area (Å²) in [6, 6.07) is 12.9. The third kappa shape index (κ3) is 5.38. The van der Waals surface area contributed by atoms with Gasteiger partial charge in [-0.25, -0.2) is 12.7 Å². The van der Waals surface area contributed by atoms with Crippen LogP contribution in [0.4, 0.5) is 5.69 Å². The summed E-state index contributed by atoms with van der Waals surface area (Å²) in [4.78, 5) is 12.8. The molecule has 1 amide bonds. The normalized spacial score (nSPS) is 16.0. The number of aryl methyl sites for hydroxylation is 2. The Balaban J connectivity index is 1.61. The van der Waals surface area contributed by atoms with E-state index in [-0.39, 0.29) is 17.6 Å². The van der Waals surface area contributed by atoms with Crippen LogP contribution in [-0.4, -0.2) is 31.7 Å². The fourth-order valence-corrected chi connectivity index (χ4v) is 5.52. The summed E-state index contributed by atoms with van der Waals surface area (Å²) < 4.78 is 27.0. The Hall–Kier alpha value is -1.89. The van der Waals surface area contributed by atoms with E-state index in [1.807, 2.05) is 25.1 Å². The minimum absolute atomic E-state index is 0.0270. The van der Waals surface area contributed by atoms with E-state index in [9.17, 15) is 13.2 Å². The van der Waals surface area contributed by atoms with Crippen LogP contribution in [0, 0.1) is 12.8 Å². The van der Waals surface area contributed by atoms with Crippen molar-refractivity contribution in [3.63, 3.8) is 0 Å². The first kappa shape index (κ1) is 21.8. The number of rotatable bonds is 6. The molecule has 1 heterocycles. The standard InChI is InChI=1S/C22H27ClN2O3S/c1-3-18-8-4-6-16(2)21(18)24-22(26)19-10-12-25(13-11-19)29(27,28)15-17-7-5-9-20(23)14-17/h4-9,14,19H,3,10-13,15H2,1-2H3,(H,24,26). The van der Waals surface area contributed by atoms with Crippen molar-refractivity contribution >= 4 is 33.2 Å². The number of piperidine rings is 1. The maximum absolute atomic E-state index is 12.8. The van der Waals surface area contributed by atoms with Crippen LogP contribution in [0.2, 0.25) is 5.02 Å². The van der Waals surface area contributed by atoms with Gasteiger partial charge < -0.3 is 5.32 Å². The van der Waals surface area contributed by atoms with E-state index < -0.39 is 10.0 Å². The molecule has 1 saturated heterocycles. The third-order valence-electron chi connectivity index (χ3n) is 5.44. The highest BCUT2D eigenvalue weighted by Crippen LogP contribution is 2.26. The average molecular weight is 435 g/mol. The van der Waals surface area contributed by atoms with E-state index in [0.717, 1.165) is 23.2 Å². The fraction of sp³-hybridized carbons (Fsp3) is 0.409. The summed E-state index contributed by atoms with van der Waals surface area (Å²) in [6.07, 6.45) is 1.89. The van der Waals surface area contributed by atoms with Gasteiger partial charge in [0.15, 0.2) is 0 Å². The molecular formula is C22H27ClN2O3S. The molecule has 0 atom stereocenters. The van der Waals surface area contributed by atoms with Crippen molar-refractivity contribution in [3.8, 4) is 0 Å². The molecule has 156 valence electrons. The van der Waals surface area contributed by atoms with Crippen molar-refractivity contribution in [3.05, 3.63) is 64.2 Å². The number of nitrogens with zero attached hydrogens (tertiary/aromatic N) is 1. The van der Waals surface area contributed by atoms with Gasteiger partial charge in [-0.3, -0.25) is 4.79 Å². The van der Waals surface area contributed by atoms with Crippen molar-refractivity contribution < 1.29 is 13.2 Å². The van der Waals surface area contributed by atoms with E-state index in [1.165, 1.54) is 4.31 Å². The van der Waals surface area contributed by atoms with E-state index in [1.54, 1.807) is 24.3 Å². The monoisotopic (exact) mass is 434 g/mol. The van der Waals surface area contributed by atoms with Gasteiger partial charge in [-0.15, -0.1) is 0 Å². The van der Waals surface area contributed by atoms with Crippen LogP contribution in [0.5, 0.6) is 0 Å². The van der Waals surface area contributed by atoms with Crippen LogP contribution in [0.25, 0.3) is 0 Å². The predicted molar refractivity (Wildman–Crippen MR) is 118 cm³/mol. The Morgan fingerprint density at radius 3 is 2.52 bits per heavy atom. The molecule has 0 saturated carbocycles. The van der Waals surface area contributed by atoms with Crippen LogP contribution in [0.15, 0.2) is 42.5 Å². The molecule has 1 aliphatic rings. The summed E-state index contributed by atoms with van der Waals surface area (Å²) >= 11 is 5.96. The zero-order chi connectivity index (χ0) is 21.0. The van der Waals surface area contributed by atoms with Gasteiger partial charge in [-0.1, -0.05) is 48.9 Å². The van der Waals surface area contributed by atoms with Crippen LogP contribution in [-0.2, 0) is 27.0 Å². The minimum Gasteiger partial charge on any atom is -0.325 e. The average Bonchev–Trinajstić information content (AvgIpc) is 2.69. The van der Waals surface area contributed by atoms with Gasteiger partial charge >= 0.3 is 0 Å². The summed E-state index contributed by atoms with van der Waals surface area (Å²) in [5, 5.41) is 3.60. The lowest BCUT2D eigenvalue weighted by Crippen LogP contribution is -2.42. The van der Waals surface area contributed by atoms with E-state index in [4.69, 9.17) is 11.6 Å². The van der Waals surface area contributed by atoms with Gasteiger partial charge in [-0.05, 0) is 55.0 Å². The number of benzene rings is 2. The maximum Gasteiger partial charge on any atom is 0.227 e. The van der Waals surface area contributed by atoms with Crippen molar-refractivity contribution in [1.29, 1.82) is 0 Å². The predicted octanol–water partition coefficient (Wildman–Crippen LogP) is 4.39. The molecule has 3 rings (SSSR count). The molecule has 0 bridgehead atoms. The lowest BCUT2D eigenvalue weighted by Gasteiger charge is -2.31. The molecule has 1 aliphatic heterocycles. The third-order valence-corrected chi connectivity index (χ3v) is 7.53. The minimum atomic E-state index is -3.44. The zero-order valence-corrected chi connectivity index (χ0v) is 18.4. The Kier molecular flexibility index (Phi) is 6.98. The van der Waals surface area contributed by atoms with Crippen LogP contribution in [0.1, 0.15) is 36.5 Å². The number of halogens is 1. The molecule has 29 heavy (non-hydrogen) atoms.